The third kappa shape index (κ3) is 1.31. The van der Waals surface area contributed by atoms with Gasteiger partial charge < -0.3 is 5.11 Å². The second kappa shape index (κ2) is 2.60. The van der Waals surface area contributed by atoms with Crippen molar-refractivity contribution in [2.24, 2.45) is 17.8 Å². The number of aliphatic carboxylic acids is 1. The maximum atomic E-state index is 10.3. The maximum Gasteiger partial charge on any atom is 0.306 e. The first-order valence-electron chi connectivity index (χ1n) is 3.84. The van der Waals surface area contributed by atoms with E-state index in [1.807, 2.05) is 0 Å². The van der Waals surface area contributed by atoms with E-state index in [-0.39, 0.29) is 5.92 Å². The van der Waals surface area contributed by atoms with E-state index >= 15 is 0 Å². The fourth-order valence-electron chi connectivity index (χ4n) is 1.41. The molecular formula is C8H14O2. The van der Waals surface area contributed by atoms with Gasteiger partial charge in [0.25, 0.3) is 0 Å². The zero-order chi connectivity index (χ0) is 7.72. The topological polar surface area (TPSA) is 37.3 Å². The van der Waals surface area contributed by atoms with E-state index < -0.39 is 5.97 Å². The smallest absolute Gasteiger partial charge is 0.306 e. The van der Waals surface area contributed by atoms with Crippen molar-refractivity contribution >= 4 is 5.97 Å². The minimum absolute atomic E-state index is 0.0348. The van der Waals surface area contributed by atoms with E-state index in [9.17, 15) is 4.79 Å². The van der Waals surface area contributed by atoms with Gasteiger partial charge in [0.1, 0.15) is 0 Å². The Morgan fingerprint density at radius 2 is 2.00 bits per heavy atom. The van der Waals surface area contributed by atoms with Gasteiger partial charge in [-0.1, -0.05) is 13.8 Å². The van der Waals surface area contributed by atoms with E-state index in [0.717, 1.165) is 12.8 Å². The fraction of sp³-hybridized carbons (Fsp3) is 0.875. The summed E-state index contributed by atoms with van der Waals surface area (Å²) in [6.45, 7) is 4.31. The Kier molecular flexibility index (Phi) is 1.97. The molecule has 1 fully saturated rings. The average Bonchev–Trinajstić information content (AvgIpc) is 1.56. The highest BCUT2D eigenvalue weighted by molar-refractivity contribution is 5.71. The first kappa shape index (κ1) is 7.58. The van der Waals surface area contributed by atoms with Crippen LogP contribution in [0.2, 0.25) is 0 Å². The van der Waals surface area contributed by atoms with Crippen molar-refractivity contribution in [1.29, 1.82) is 0 Å². The molecule has 0 aromatic heterocycles. The standard InChI is InChI=1S/C8H14O2/c1-5(2)6-3-7(4-6)8(9)10/h5-7H,3-4H2,1-2H3,(H,9,10). The number of hydrogen-bond donors (Lipinski definition) is 1. The molecule has 1 N–H and O–H groups in total. The molecule has 0 aliphatic heterocycles. The molecule has 2 nitrogen and oxygen atoms in total. The Labute approximate surface area is 61.2 Å². The van der Waals surface area contributed by atoms with Gasteiger partial charge in [-0.05, 0) is 24.7 Å². The van der Waals surface area contributed by atoms with Crippen LogP contribution in [-0.4, -0.2) is 11.1 Å². The number of rotatable bonds is 2. The molecule has 0 saturated heterocycles. The van der Waals surface area contributed by atoms with Crippen molar-refractivity contribution < 1.29 is 9.90 Å². The van der Waals surface area contributed by atoms with Gasteiger partial charge in [0.15, 0.2) is 0 Å². The summed E-state index contributed by atoms with van der Waals surface area (Å²) in [5.41, 5.74) is 0. The van der Waals surface area contributed by atoms with Crippen LogP contribution in [0.15, 0.2) is 0 Å². The Hall–Kier alpha value is -0.530. The van der Waals surface area contributed by atoms with Crippen LogP contribution in [0.3, 0.4) is 0 Å². The lowest BCUT2D eigenvalue weighted by molar-refractivity contribution is -0.147. The molecule has 1 aliphatic carbocycles. The highest BCUT2D eigenvalue weighted by Gasteiger charge is 2.35. The molecule has 2 heteroatoms. The second-order valence-corrected chi connectivity index (χ2v) is 3.51. The monoisotopic (exact) mass is 142 g/mol. The van der Waals surface area contributed by atoms with Crippen molar-refractivity contribution in [3.63, 3.8) is 0 Å². The van der Waals surface area contributed by atoms with Crippen molar-refractivity contribution in [3.05, 3.63) is 0 Å². The summed E-state index contributed by atoms with van der Waals surface area (Å²) < 4.78 is 0. The minimum atomic E-state index is -0.614. The summed E-state index contributed by atoms with van der Waals surface area (Å²) in [5.74, 6) is 0.681. The summed E-state index contributed by atoms with van der Waals surface area (Å²) in [6.07, 6.45) is 1.79. The summed E-state index contributed by atoms with van der Waals surface area (Å²) in [5, 5.41) is 8.53. The Morgan fingerprint density at radius 1 is 1.50 bits per heavy atom. The number of carboxylic acids is 1. The van der Waals surface area contributed by atoms with Crippen molar-refractivity contribution in [2.75, 3.05) is 0 Å². The molecule has 0 unspecified atom stereocenters. The number of carbonyl (C=O) groups is 1. The van der Waals surface area contributed by atoms with E-state index in [2.05, 4.69) is 13.8 Å². The van der Waals surface area contributed by atoms with E-state index in [0.29, 0.717) is 11.8 Å². The molecule has 0 aromatic rings. The van der Waals surface area contributed by atoms with Gasteiger partial charge in [-0.15, -0.1) is 0 Å². The normalized spacial score (nSPS) is 31.9. The van der Waals surface area contributed by atoms with Crippen LogP contribution in [0.5, 0.6) is 0 Å². The van der Waals surface area contributed by atoms with Crippen LogP contribution >= 0.6 is 0 Å². The molecular weight excluding hydrogens is 128 g/mol. The molecule has 0 spiro atoms. The molecule has 0 aromatic carbocycles. The maximum absolute atomic E-state index is 10.3. The Balaban J connectivity index is 2.24. The van der Waals surface area contributed by atoms with Crippen LogP contribution in [-0.2, 0) is 4.79 Å². The Bertz CT molecular complexity index is 134. The molecule has 10 heavy (non-hydrogen) atoms. The predicted molar refractivity (Wildman–Crippen MR) is 38.7 cm³/mol. The van der Waals surface area contributed by atoms with Crippen LogP contribution < -0.4 is 0 Å². The Morgan fingerprint density at radius 3 is 2.30 bits per heavy atom. The van der Waals surface area contributed by atoms with Gasteiger partial charge in [-0.3, -0.25) is 4.79 Å². The molecule has 0 bridgehead atoms. The third-order valence-corrected chi connectivity index (χ3v) is 2.47. The van der Waals surface area contributed by atoms with Crippen molar-refractivity contribution in [2.45, 2.75) is 26.7 Å². The highest BCUT2D eigenvalue weighted by atomic mass is 16.4. The van der Waals surface area contributed by atoms with E-state index in [1.165, 1.54) is 0 Å². The second-order valence-electron chi connectivity index (χ2n) is 3.51. The molecule has 1 saturated carbocycles. The zero-order valence-corrected chi connectivity index (χ0v) is 6.50. The van der Waals surface area contributed by atoms with Crippen LogP contribution in [0.4, 0.5) is 0 Å². The molecule has 1 rings (SSSR count). The van der Waals surface area contributed by atoms with Gasteiger partial charge in [0.05, 0.1) is 5.92 Å². The van der Waals surface area contributed by atoms with Crippen LogP contribution in [0.25, 0.3) is 0 Å². The summed E-state index contributed by atoms with van der Waals surface area (Å²) >= 11 is 0. The summed E-state index contributed by atoms with van der Waals surface area (Å²) in [4.78, 5) is 10.3. The fourth-order valence-corrected chi connectivity index (χ4v) is 1.41. The van der Waals surface area contributed by atoms with Crippen LogP contribution in [0, 0.1) is 17.8 Å². The average molecular weight is 142 g/mol. The summed E-state index contributed by atoms with van der Waals surface area (Å²) in [7, 11) is 0. The molecule has 0 radical (unpaired) electrons. The zero-order valence-electron chi connectivity index (χ0n) is 6.50. The molecule has 58 valence electrons. The lowest BCUT2D eigenvalue weighted by Crippen LogP contribution is -2.33. The van der Waals surface area contributed by atoms with E-state index in [4.69, 9.17) is 5.11 Å². The van der Waals surface area contributed by atoms with Crippen LogP contribution in [0.1, 0.15) is 26.7 Å². The van der Waals surface area contributed by atoms with Gasteiger partial charge in [-0.25, -0.2) is 0 Å². The highest BCUT2D eigenvalue weighted by Crippen LogP contribution is 2.38. The molecule has 0 amide bonds. The van der Waals surface area contributed by atoms with Gasteiger partial charge in [-0.2, -0.15) is 0 Å². The van der Waals surface area contributed by atoms with E-state index in [1.54, 1.807) is 0 Å². The van der Waals surface area contributed by atoms with Gasteiger partial charge in [0.2, 0.25) is 0 Å². The molecule has 0 heterocycles. The SMILES string of the molecule is CC(C)C1CC(C(=O)O)C1. The number of carboxylic acid groups (broad SMARTS) is 1. The van der Waals surface area contributed by atoms with Gasteiger partial charge in [0, 0.05) is 0 Å². The lowest BCUT2D eigenvalue weighted by Gasteiger charge is -2.35. The first-order chi connectivity index (χ1) is 4.61. The quantitative estimate of drug-likeness (QED) is 0.637. The first-order valence-corrected chi connectivity index (χ1v) is 3.84. The predicted octanol–water partition coefficient (Wildman–Crippen LogP) is 1.75. The minimum Gasteiger partial charge on any atom is -0.481 e. The van der Waals surface area contributed by atoms with Gasteiger partial charge >= 0.3 is 5.97 Å². The van der Waals surface area contributed by atoms with Crippen molar-refractivity contribution in [1.82, 2.24) is 0 Å². The lowest BCUT2D eigenvalue weighted by atomic mass is 9.70. The number of hydrogen-bond acceptors (Lipinski definition) is 1. The van der Waals surface area contributed by atoms with Crippen molar-refractivity contribution in [3.8, 4) is 0 Å². The third-order valence-electron chi connectivity index (χ3n) is 2.47. The largest absolute Gasteiger partial charge is 0.481 e. The summed E-state index contributed by atoms with van der Waals surface area (Å²) in [6, 6.07) is 0. The molecule has 0 atom stereocenters. The molecule has 1 aliphatic rings.